The second-order valence-electron chi connectivity index (χ2n) is 7.63. The monoisotopic (exact) mass is 401 g/mol. The number of β-lactam (4-membered cyclic amide) rings is 1. The molecule has 2 aliphatic rings. The number of rotatable bonds is 6. The summed E-state index contributed by atoms with van der Waals surface area (Å²) in [5.74, 6) is 0.302. The molecule has 3 heterocycles. The first-order valence-corrected chi connectivity index (χ1v) is 10.1. The Labute approximate surface area is 166 Å². The van der Waals surface area contributed by atoms with Gasteiger partial charge in [0.2, 0.25) is 11.8 Å². The fourth-order valence-corrected chi connectivity index (χ4v) is 5.58. The van der Waals surface area contributed by atoms with Crippen LogP contribution in [0.3, 0.4) is 0 Å². The van der Waals surface area contributed by atoms with Crippen molar-refractivity contribution in [2.45, 2.75) is 48.9 Å². The van der Waals surface area contributed by atoms with E-state index in [0.717, 1.165) is 17.5 Å². The van der Waals surface area contributed by atoms with E-state index in [4.69, 9.17) is 5.73 Å². The zero-order chi connectivity index (χ0) is 19.9. The number of tetrazole rings is 1. The van der Waals surface area contributed by atoms with Crippen LogP contribution in [-0.2, 0) is 22.4 Å². The first-order valence-electron chi connectivity index (χ1n) is 9.21. The number of H-pyrrole nitrogens is 1. The number of nitrogens with two attached hydrogens (primary N) is 1. The predicted octanol–water partition coefficient (Wildman–Crippen LogP) is 0.163. The summed E-state index contributed by atoms with van der Waals surface area (Å²) in [5, 5.41) is 16.8. The van der Waals surface area contributed by atoms with E-state index in [1.54, 1.807) is 16.7 Å². The van der Waals surface area contributed by atoms with Crippen LogP contribution in [0.1, 0.15) is 36.8 Å². The molecule has 4 rings (SSSR count). The Morgan fingerprint density at radius 1 is 1.39 bits per heavy atom. The number of aromatic amines is 1. The average Bonchev–Trinajstić information content (AvgIpc) is 3.24. The highest BCUT2D eigenvalue weighted by atomic mass is 32.2. The fraction of sp³-hybridized carbons (Fsp3) is 0.500. The van der Waals surface area contributed by atoms with Crippen molar-refractivity contribution in [1.82, 2.24) is 30.8 Å². The Kier molecular flexibility index (Phi) is 4.84. The minimum atomic E-state index is -0.523. The van der Waals surface area contributed by atoms with Gasteiger partial charge in [-0.1, -0.05) is 24.3 Å². The number of aromatic nitrogens is 4. The lowest BCUT2D eigenvalue weighted by molar-refractivity contribution is -0.151. The van der Waals surface area contributed by atoms with E-state index in [1.807, 2.05) is 24.3 Å². The first-order chi connectivity index (χ1) is 13.4. The van der Waals surface area contributed by atoms with Gasteiger partial charge in [-0.2, -0.15) is 0 Å². The quantitative estimate of drug-likeness (QED) is 0.588. The van der Waals surface area contributed by atoms with Gasteiger partial charge in [0.15, 0.2) is 5.82 Å². The lowest BCUT2D eigenvalue weighted by Gasteiger charge is -2.44. The van der Waals surface area contributed by atoms with Crippen LogP contribution in [0.15, 0.2) is 24.3 Å². The second kappa shape index (κ2) is 7.17. The van der Waals surface area contributed by atoms with Crippen LogP contribution in [-0.4, -0.2) is 60.0 Å². The molecule has 2 amide bonds. The van der Waals surface area contributed by atoms with Gasteiger partial charge in [0.05, 0.1) is 6.42 Å². The van der Waals surface area contributed by atoms with Crippen molar-refractivity contribution in [2.75, 3.05) is 6.54 Å². The SMILES string of the molecule is CC1(C)S[C@@H]2C(NC(=O)Cc3cccc(CCN)c3)C(=O)N2C1c1nnn[nH]1. The minimum Gasteiger partial charge on any atom is -0.341 e. The standard InChI is InChI=1S/C18H23N7O2S/c1-18(2)14(15-21-23-24-22-15)25-16(27)13(17(25)28-18)20-12(26)9-11-5-3-4-10(8-11)6-7-19/h3-5,8,13-14,17H,6-7,9,19H2,1-2H3,(H,20,26)(H,21,22,23,24)/t13?,14?,17-/m1/s1. The lowest BCUT2D eigenvalue weighted by Crippen LogP contribution is -2.68. The summed E-state index contributed by atoms with van der Waals surface area (Å²) < 4.78 is -0.266. The molecule has 28 heavy (non-hydrogen) atoms. The highest BCUT2D eigenvalue weighted by Crippen LogP contribution is 2.56. The van der Waals surface area contributed by atoms with Crippen molar-refractivity contribution in [3.05, 3.63) is 41.2 Å². The van der Waals surface area contributed by atoms with Crippen molar-refractivity contribution >= 4 is 23.6 Å². The number of fused-ring (bicyclic) bond motifs is 1. The summed E-state index contributed by atoms with van der Waals surface area (Å²) in [6, 6.07) is 7.05. The van der Waals surface area contributed by atoms with Crippen molar-refractivity contribution in [1.29, 1.82) is 0 Å². The predicted molar refractivity (Wildman–Crippen MR) is 104 cm³/mol. The maximum atomic E-state index is 12.8. The summed E-state index contributed by atoms with van der Waals surface area (Å²) in [6.45, 7) is 4.68. The molecule has 10 heteroatoms. The fourth-order valence-electron chi connectivity index (χ4n) is 3.94. The van der Waals surface area contributed by atoms with Crippen LogP contribution in [0.5, 0.6) is 0 Å². The highest BCUT2D eigenvalue weighted by Gasteiger charge is 2.63. The lowest BCUT2D eigenvalue weighted by atomic mass is 9.95. The number of hydrogen-bond acceptors (Lipinski definition) is 7. The van der Waals surface area contributed by atoms with Gasteiger partial charge in [-0.15, -0.1) is 16.9 Å². The number of hydrogen-bond donors (Lipinski definition) is 3. The van der Waals surface area contributed by atoms with Crippen molar-refractivity contribution in [3.63, 3.8) is 0 Å². The maximum absolute atomic E-state index is 12.8. The molecule has 1 aromatic carbocycles. The van der Waals surface area contributed by atoms with Crippen LogP contribution in [0.25, 0.3) is 0 Å². The zero-order valence-corrected chi connectivity index (χ0v) is 16.6. The maximum Gasteiger partial charge on any atom is 0.249 e. The molecule has 2 saturated heterocycles. The number of nitrogens with zero attached hydrogens (tertiary/aromatic N) is 4. The van der Waals surface area contributed by atoms with E-state index < -0.39 is 6.04 Å². The van der Waals surface area contributed by atoms with Crippen molar-refractivity contribution in [2.24, 2.45) is 5.73 Å². The van der Waals surface area contributed by atoms with Gasteiger partial charge in [-0.25, -0.2) is 5.10 Å². The molecule has 4 N–H and O–H groups in total. The van der Waals surface area contributed by atoms with Crippen LogP contribution < -0.4 is 11.1 Å². The van der Waals surface area contributed by atoms with Gasteiger partial charge in [0.25, 0.3) is 0 Å². The smallest absolute Gasteiger partial charge is 0.249 e. The third-order valence-electron chi connectivity index (χ3n) is 5.17. The third kappa shape index (κ3) is 3.26. The van der Waals surface area contributed by atoms with E-state index >= 15 is 0 Å². The number of nitrogens with one attached hydrogen (secondary N) is 2. The summed E-state index contributed by atoms with van der Waals surface area (Å²) in [6.07, 6.45) is 1.01. The van der Waals surface area contributed by atoms with Crippen molar-refractivity contribution < 1.29 is 9.59 Å². The number of benzene rings is 1. The second-order valence-corrected chi connectivity index (χ2v) is 9.40. The molecule has 2 fully saturated rings. The normalized spacial score (nSPS) is 25.3. The molecule has 1 aromatic heterocycles. The van der Waals surface area contributed by atoms with Gasteiger partial charge >= 0.3 is 0 Å². The van der Waals surface area contributed by atoms with Crippen LogP contribution in [0, 0.1) is 0 Å². The van der Waals surface area contributed by atoms with E-state index in [1.165, 1.54) is 0 Å². The molecule has 148 valence electrons. The molecule has 0 saturated carbocycles. The average molecular weight is 401 g/mol. The van der Waals surface area contributed by atoms with E-state index in [9.17, 15) is 9.59 Å². The molecule has 0 bridgehead atoms. The van der Waals surface area contributed by atoms with Gasteiger partial charge in [0.1, 0.15) is 17.5 Å². The molecule has 2 aliphatic heterocycles. The summed E-state index contributed by atoms with van der Waals surface area (Å²) >= 11 is 1.65. The molecular formula is C18H23N7O2S. The van der Waals surface area contributed by atoms with Gasteiger partial charge in [0, 0.05) is 4.75 Å². The summed E-state index contributed by atoms with van der Waals surface area (Å²) in [7, 11) is 0. The topological polar surface area (TPSA) is 130 Å². The Bertz CT molecular complexity index is 886. The zero-order valence-electron chi connectivity index (χ0n) is 15.8. The Hall–Kier alpha value is -2.46. The Morgan fingerprint density at radius 3 is 2.89 bits per heavy atom. The van der Waals surface area contributed by atoms with E-state index in [2.05, 4.69) is 39.8 Å². The minimum absolute atomic E-state index is 0.102. The largest absolute Gasteiger partial charge is 0.341 e. The molecule has 0 radical (unpaired) electrons. The number of thioether (sulfide) groups is 1. The van der Waals surface area contributed by atoms with Crippen LogP contribution >= 0.6 is 11.8 Å². The molecule has 0 aliphatic carbocycles. The number of carbonyl (C=O) groups is 2. The molecule has 2 aromatic rings. The van der Waals surface area contributed by atoms with Gasteiger partial charge in [-0.3, -0.25) is 9.59 Å². The molecule has 0 spiro atoms. The first kappa shape index (κ1) is 18.9. The van der Waals surface area contributed by atoms with Crippen LogP contribution in [0.2, 0.25) is 0 Å². The van der Waals surface area contributed by atoms with Gasteiger partial charge in [-0.05, 0) is 48.4 Å². The number of amides is 2. The molecular weight excluding hydrogens is 378 g/mol. The Balaban J connectivity index is 1.42. The summed E-state index contributed by atoms with van der Waals surface area (Å²) in [5.41, 5.74) is 7.62. The van der Waals surface area contributed by atoms with E-state index in [-0.39, 0.29) is 34.4 Å². The van der Waals surface area contributed by atoms with Crippen LogP contribution in [0.4, 0.5) is 0 Å². The Morgan fingerprint density at radius 2 is 2.18 bits per heavy atom. The van der Waals surface area contributed by atoms with Gasteiger partial charge < -0.3 is 16.0 Å². The highest BCUT2D eigenvalue weighted by molar-refractivity contribution is 8.01. The van der Waals surface area contributed by atoms with E-state index in [0.29, 0.717) is 12.4 Å². The molecule has 2 unspecified atom stereocenters. The van der Waals surface area contributed by atoms with Crippen molar-refractivity contribution in [3.8, 4) is 0 Å². The summed E-state index contributed by atoms with van der Waals surface area (Å²) in [4.78, 5) is 27.1. The number of carbonyl (C=O) groups excluding carboxylic acids is 2. The molecule has 9 nitrogen and oxygen atoms in total. The molecule has 3 atom stereocenters. The third-order valence-corrected chi connectivity index (χ3v) is 6.74.